The molecule has 1 N–H and O–H groups in total. The smallest absolute Gasteiger partial charge is 0.421 e. The number of hydrogen-bond donors (Lipinski definition) is 1. The molecule has 0 aliphatic rings. The molecule has 1 aromatic rings. The Balaban J connectivity index is 2.96. The van der Waals surface area contributed by atoms with Crippen LogP contribution < -0.4 is 4.74 Å². The largest absolute Gasteiger partial charge is 0.497 e. The number of aliphatic hydroxyl groups is 1. The lowest BCUT2D eigenvalue weighted by molar-refractivity contribution is -0.237. The predicted molar refractivity (Wildman–Crippen MR) is 72.5 cm³/mol. The van der Waals surface area contributed by atoms with E-state index in [1.807, 2.05) is 0 Å². The van der Waals surface area contributed by atoms with Crippen molar-refractivity contribution in [1.82, 2.24) is 0 Å². The molecule has 0 aromatic heterocycles. The maximum atomic E-state index is 12.9. The standard InChI is InChI=1S/C15H17F3O2/c1-3-4-10-14(19,15(16,17)18)11-9-12-5-7-13(20-2)8-6-12/h3-9,11,19H,10H2,1-2H3/b4-3-,11-9+/t14-/m1/s1. The van der Waals surface area contributed by atoms with E-state index in [4.69, 9.17) is 4.74 Å². The fourth-order valence-corrected chi connectivity index (χ4v) is 1.52. The number of benzene rings is 1. The second-order valence-corrected chi connectivity index (χ2v) is 4.30. The van der Waals surface area contributed by atoms with Crippen molar-refractivity contribution in [2.24, 2.45) is 0 Å². The molecule has 0 saturated carbocycles. The van der Waals surface area contributed by atoms with Gasteiger partial charge in [0, 0.05) is 6.42 Å². The van der Waals surface area contributed by atoms with Crippen molar-refractivity contribution in [1.29, 1.82) is 0 Å². The van der Waals surface area contributed by atoms with E-state index in [0.717, 1.165) is 6.08 Å². The van der Waals surface area contributed by atoms with Crippen molar-refractivity contribution < 1.29 is 23.0 Å². The number of rotatable bonds is 5. The van der Waals surface area contributed by atoms with Crippen LogP contribution in [-0.2, 0) is 0 Å². The Labute approximate surface area is 116 Å². The zero-order valence-electron chi connectivity index (χ0n) is 11.3. The van der Waals surface area contributed by atoms with Crippen LogP contribution in [0.1, 0.15) is 18.9 Å². The zero-order valence-corrected chi connectivity index (χ0v) is 11.3. The van der Waals surface area contributed by atoms with E-state index in [1.165, 1.54) is 25.3 Å². The molecule has 0 heterocycles. The zero-order chi connectivity index (χ0) is 15.2. The highest BCUT2D eigenvalue weighted by atomic mass is 19.4. The summed E-state index contributed by atoms with van der Waals surface area (Å²) in [5, 5.41) is 9.75. The monoisotopic (exact) mass is 286 g/mol. The normalized spacial score (nSPS) is 15.7. The number of methoxy groups -OCH3 is 1. The Morgan fingerprint density at radius 1 is 1.20 bits per heavy atom. The summed E-state index contributed by atoms with van der Waals surface area (Å²) in [6, 6.07) is 6.50. The minimum absolute atomic E-state index is 0.514. The topological polar surface area (TPSA) is 29.5 Å². The van der Waals surface area contributed by atoms with Crippen LogP contribution in [0.2, 0.25) is 0 Å². The van der Waals surface area contributed by atoms with E-state index in [-0.39, 0.29) is 0 Å². The lowest BCUT2D eigenvalue weighted by atomic mass is 9.97. The number of allylic oxidation sites excluding steroid dienone is 1. The highest BCUT2D eigenvalue weighted by Crippen LogP contribution is 2.35. The summed E-state index contributed by atoms with van der Waals surface area (Å²) in [5.74, 6) is 0.613. The molecule has 1 aromatic carbocycles. The maximum absolute atomic E-state index is 12.9. The highest BCUT2D eigenvalue weighted by molar-refractivity contribution is 5.52. The second kappa shape index (κ2) is 6.61. The molecule has 1 atom stereocenters. The first kappa shape index (κ1) is 16.3. The molecule has 110 valence electrons. The van der Waals surface area contributed by atoms with Gasteiger partial charge in [0.05, 0.1) is 7.11 Å². The quantitative estimate of drug-likeness (QED) is 0.830. The summed E-state index contributed by atoms with van der Waals surface area (Å²) in [4.78, 5) is 0. The summed E-state index contributed by atoms with van der Waals surface area (Å²) in [5.41, 5.74) is -2.31. The van der Waals surface area contributed by atoms with Gasteiger partial charge in [0.1, 0.15) is 5.75 Å². The van der Waals surface area contributed by atoms with Crippen LogP contribution in [0.4, 0.5) is 13.2 Å². The first-order valence-electron chi connectivity index (χ1n) is 6.06. The van der Waals surface area contributed by atoms with Gasteiger partial charge in [-0.2, -0.15) is 13.2 Å². The van der Waals surface area contributed by atoms with Gasteiger partial charge < -0.3 is 9.84 Å². The molecule has 0 amide bonds. The van der Waals surface area contributed by atoms with Crippen LogP contribution in [0.15, 0.2) is 42.5 Å². The van der Waals surface area contributed by atoms with Crippen LogP contribution in [0.5, 0.6) is 5.75 Å². The molecule has 20 heavy (non-hydrogen) atoms. The second-order valence-electron chi connectivity index (χ2n) is 4.30. The van der Waals surface area contributed by atoms with Crippen LogP contribution in [0.3, 0.4) is 0 Å². The van der Waals surface area contributed by atoms with Crippen molar-refractivity contribution in [2.75, 3.05) is 7.11 Å². The average Bonchev–Trinajstić information content (AvgIpc) is 2.42. The summed E-state index contributed by atoms with van der Waals surface area (Å²) in [6.07, 6.45) is -0.468. The Kier molecular flexibility index (Phi) is 5.39. The Morgan fingerprint density at radius 2 is 1.80 bits per heavy atom. The number of alkyl halides is 3. The minimum atomic E-state index is -4.73. The molecule has 1 rings (SSSR count). The summed E-state index contributed by atoms with van der Waals surface area (Å²) >= 11 is 0. The number of ether oxygens (including phenoxy) is 1. The third-order valence-corrected chi connectivity index (χ3v) is 2.82. The SMILES string of the molecule is C/C=C\C[C@@](O)(/C=C/c1ccc(OC)cc1)C(F)(F)F. The van der Waals surface area contributed by atoms with Crippen LogP contribution in [-0.4, -0.2) is 24.0 Å². The van der Waals surface area contributed by atoms with Crippen molar-refractivity contribution in [3.05, 3.63) is 48.1 Å². The molecule has 0 saturated heterocycles. The number of hydrogen-bond acceptors (Lipinski definition) is 2. The van der Waals surface area contributed by atoms with Crippen molar-refractivity contribution in [3.63, 3.8) is 0 Å². The molecule has 0 bridgehead atoms. The minimum Gasteiger partial charge on any atom is -0.497 e. The molecule has 0 aliphatic heterocycles. The van der Waals surface area contributed by atoms with Gasteiger partial charge in [-0.15, -0.1) is 0 Å². The van der Waals surface area contributed by atoms with E-state index >= 15 is 0 Å². The lowest BCUT2D eigenvalue weighted by Gasteiger charge is -2.26. The lowest BCUT2D eigenvalue weighted by Crippen LogP contribution is -2.42. The Hall–Kier alpha value is -1.75. The maximum Gasteiger partial charge on any atom is 0.421 e. The first-order chi connectivity index (χ1) is 9.32. The molecule has 0 unspecified atom stereocenters. The molecule has 2 nitrogen and oxygen atoms in total. The fourth-order valence-electron chi connectivity index (χ4n) is 1.52. The van der Waals surface area contributed by atoms with E-state index in [0.29, 0.717) is 11.3 Å². The number of halogens is 3. The van der Waals surface area contributed by atoms with Gasteiger partial charge in [0.15, 0.2) is 5.60 Å². The van der Waals surface area contributed by atoms with E-state index in [1.54, 1.807) is 31.2 Å². The summed E-state index contributed by atoms with van der Waals surface area (Å²) in [6.45, 7) is 1.60. The van der Waals surface area contributed by atoms with Crippen molar-refractivity contribution >= 4 is 6.08 Å². The molecule has 0 fully saturated rings. The van der Waals surface area contributed by atoms with Gasteiger partial charge in [0.2, 0.25) is 0 Å². The molecule has 0 aliphatic carbocycles. The molecule has 0 spiro atoms. The molecule has 0 radical (unpaired) electrons. The average molecular weight is 286 g/mol. The van der Waals surface area contributed by atoms with Crippen LogP contribution >= 0.6 is 0 Å². The summed E-state index contributed by atoms with van der Waals surface area (Å²) < 4.78 is 43.6. The van der Waals surface area contributed by atoms with Crippen molar-refractivity contribution in [2.45, 2.75) is 25.1 Å². The van der Waals surface area contributed by atoms with Crippen LogP contribution in [0.25, 0.3) is 6.08 Å². The van der Waals surface area contributed by atoms with Gasteiger partial charge in [-0.3, -0.25) is 0 Å². The van der Waals surface area contributed by atoms with Gasteiger partial charge >= 0.3 is 6.18 Å². The fraction of sp³-hybridized carbons (Fsp3) is 0.333. The molecular formula is C15H17F3O2. The van der Waals surface area contributed by atoms with Gasteiger partial charge in [-0.25, -0.2) is 0 Å². The Morgan fingerprint density at radius 3 is 2.25 bits per heavy atom. The third-order valence-electron chi connectivity index (χ3n) is 2.82. The van der Waals surface area contributed by atoms with E-state index < -0.39 is 18.2 Å². The van der Waals surface area contributed by atoms with Gasteiger partial charge in [-0.1, -0.05) is 30.4 Å². The third kappa shape index (κ3) is 4.13. The van der Waals surface area contributed by atoms with E-state index in [9.17, 15) is 18.3 Å². The molecule has 5 heteroatoms. The van der Waals surface area contributed by atoms with Gasteiger partial charge in [-0.05, 0) is 30.7 Å². The predicted octanol–water partition coefficient (Wildman–Crippen LogP) is 3.97. The molecular weight excluding hydrogens is 269 g/mol. The Bertz CT molecular complexity index is 475. The van der Waals surface area contributed by atoms with Crippen LogP contribution in [0, 0.1) is 0 Å². The highest BCUT2D eigenvalue weighted by Gasteiger charge is 2.50. The van der Waals surface area contributed by atoms with Crippen molar-refractivity contribution in [3.8, 4) is 5.75 Å². The van der Waals surface area contributed by atoms with E-state index in [2.05, 4.69) is 0 Å². The van der Waals surface area contributed by atoms with Gasteiger partial charge in [0.25, 0.3) is 0 Å². The summed E-state index contributed by atoms with van der Waals surface area (Å²) in [7, 11) is 1.50. The first-order valence-corrected chi connectivity index (χ1v) is 6.06.